The predicted molar refractivity (Wildman–Crippen MR) is 65.3 cm³/mol. The van der Waals surface area contributed by atoms with Crippen molar-refractivity contribution in [2.75, 3.05) is 5.32 Å². The minimum atomic E-state index is -4.30. The van der Waals surface area contributed by atoms with Crippen LogP contribution in [0, 0.1) is 0 Å². The first kappa shape index (κ1) is 13.2. The molecule has 1 aromatic carbocycles. The second-order valence-corrected chi connectivity index (χ2v) is 4.78. The average molecular weight is 258 g/mol. The predicted octanol–water partition coefficient (Wildman–Crippen LogP) is 3.39. The Balaban J connectivity index is 2.09. The van der Waals surface area contributed by atoms with Gasteiger partial charge in [-0.1, -0.05) is 18.9 Å². The number of halogens is 3. The number of nitrogens with one attached hydrogen (secondary N) is 1. The molecule has 0 bridgehead atoms. The smallest absolute Gasteiger partial charge is 0.381 e. The molecular weight excluding hydrogens is 241 g/mol. The van der Waals surface area contributed by atoms with Crippen LogP contribution in [-0.4, -0.2) is 12.1 Å². The van der Waals surface area contributed by atoms with Gasteiger partial charge in [0.2, 0.25) is 0 Å². The van der Waals surface area contributed by atoms with Crippen LogP contribution in [0.5, 0.6) is 0 Å². The topological polar surface area (TPSA) is 38.0 Å². The van der Waals surface area contributed by atoms with Crippen molar-refractivity contribution in [3.05, 3.63) is 29.8 Å². The van der Waals surface area contributed by atoms with Crippen molar-refractivity contribution in [3.63, 3.8) is 0 Å². The summed E-state index contributed by atoms with van der Waals surface area (Å²) in [4.78, 5) is 0. The molecule has 1 aromatic rings. The second-order valence-electron chi connectivity index (χ2n) is 4.78. The van der Waals surface area contributed by atoms with Crippen LogP contribution in [0.25, 0.3) is 0 Å². The normalized spacial score (nSPS) is 24.9. The summed E-state index contributed by atoms with van der Waals surface area (Å²) in [6, 6.07) is 5.37. The molecule has 0 amide bonds. The highest BCUT2D eigenvalue weighted by Gasteiger charge is 2.30. The molecule has 0 saturated heterocycles. The van der Waals surface area contributed by atoms with E-state index in [2.05, 4.69) is 5.32 Å². The molecule has 0 radical (unpaired) electrons. The first-order valence-electron chi connectivity index (χ1n) is 6.16. The first-order chi connectivity index (χ1) is 8.47. The van der Waals surface area contributed by atoms with Gasteiger partial charge < -0.3 is 11.1 Å². The van der Waals surface area contributed by atoms with E-state index in [0.717, 1.165) is 37.8 Å². The van der Waals surface area contributed by atoms with Gasteiger partial charge in [0, 0.05) is 17.8 Å². The molecule has 0 aromatic heterocycles. The summed E-state index contributed by atoms with van der Waals surface area (Å²) in [5.74, 6) is 0. The first-order valence-corrected chi connectivity index (χ1v) is 6.16. The molecule has 18 heavy (non-hydrogen) atoms. The van der Waals surface area contributed by atoms with Gasteiger partial charge in [0.05, 0.1) is 5.56 Å². The van der Waals surface area contributed by atoms with Gasteiger partial charge >= 0.3 is 6.18 Å². The van der Waals surface area contributed by atoms with E-state index in [4.69, 9.17) is 5.73 Å². The van der Waals surface area contributed by atoms with Gasteiger partial charge in [0.25, 0.3) is 0 Å². The van der Waals surface area contributed by atoms with E-state index in [1.165, 1.54) is 6.07 Å². The van der Waals surface area contributed by atoms with E-state index in [-0.39, 0.29) is 12.1 Å². The number of hydrogen-bond donors (Lipinski definition) is 2. The fourth-order valence-corrected chi connectivity index (χ4v) is 2.34. The zero-order valence-electron chi connectivity index (χ0n) is 10.0. The van der Waals surface area contributed by atoms with E-state index >= 15 is 0 Å². The van der Waals surface area contributed by atoms with E-state index < -0.39 is 11.7 Å². The summed E-state index contributed by atoms with van der Waals surface area (Å²) in [5, 5.41) is 3.12. The Kier molecular flexibility index (Phi) is 3.80. The summed E-state index contributed by atoms with van der Waals surface area (Å²) in [6.45, 7) is 0. The van der Waals surface area contributed by atoms with Crippen LogP contribution in [0.4, 0.5) is 18.9 Å². The number of nitrogens with two attached hydrogens (primary N) is 1. The number of benzene rings is 1. The van der Waals surface area contributed by atoms with Crippen molar-refractivity contribution in [2.45, 2.75) is 43.9 Å². The Bertz CT molecular complexity index is 403. The molecule has 2 atom stereocenters. The quantitative estimate of drug-likeness (QED) is 0.853. The van der Waals surface area contributed by atoms with E-state index in [9.17, 15) is 13.2 Å². The molecule has 0 heterocycles. The lowest BCUT2D eigenvalue weighted by Gasteiger charge is -2.30. The molecular formula is C13H17F3N2. The fourth-order valence-electron chi connectivity index (χ4n) is 2.34. The average Bonchev–Trinajstić information content (AvgIpc) is 2.31. The maximum atomic E-state index is 12.6. The standard InChI is InChI=1S/C13H17F3N2/c14-13(15,16)9-4-3-5-10(8-9)18-12-7-2-1-6-11(12)17/h3-5,8,11-12,18H,1-2,6-7,17H2/t11-,12+/m0/s1. The molecule has 2 nitrogen and oxygen atoms in total. The minimum Gasteiger partial charge on any atom is -0.381 e. The van der Waals surface area contributed by atoms with Crippen molar-refractivity contribution in [1.29, 1.82) is 0 Å². The summed E-state index contributed by atoms with van der Waals surface area (Å²) in [7, 11) is 0. The summed E-state index contributed by atoms with van der Waals surface area (Å²) < 4.78 is 37.7. The lowest BCUT2D eigenvalue weighted by atomic mass is 9.91. The highest BCUT2D eigenvalue weighted by molar-refractivity contribution is 5.47. The van der Waals surface area contributed by atoms with Crippen LogP contribution in [0.1, 0.15) is 31.2 Å². The number of hydrogen-bond acceptors (Lipinski definition) is 2. The molecule has 1 saturated carbocycles. The Labute approximate surface area is 104 Å². The molecule has 5 heteroatoms. The van der Waals surface area contributed by atoms with Crippen LogP contribution in [0.3, 0.4) is 0 Å². The highest BCUT2D eigenvalue weighted by atomic mass is 19.4. The number of anilines is 1. The summed E-state index contributed by atoms with van der Waals surface area (Å²) in [5.41, 5.74) is 5.83. The van der Waals surface area contributed by atoms with Crippen molar-refractivity contribution < 1.29 is 13.2 Å². The van der Waals surface area contributed by atoms with E-state index in [1.54, 1.807) is 6.07 Å². The van der Waals surface area contributed by atoms with Crippen LogP contribution in [-0.2, 0) is 6.18 Å². The zero-order chi connectivity index (χ0) is 13.2. The largest absolute Gasteiger partial charge is 0.416 e. The van der Waals surface area contributed by atoms with E-state index in [0.29, 0.717) is 5.69 Å². The van der Waals surface area contributed by atoms with Gasteiger partial charge in [-0.25, -0.2) is 0 Å². The number of rotatable bonds is 2. The van der Waals surface area contributed by atoms with Gasteiger partial charge in [-0.05, 0) is 31.0 Å². The van der Waals surface area contributed by atoms with Gasteiger partial charge in [-0.2, -0.15) is 13.2 Å². The third-order valence-electron chi connectivity index (χ3n) is 3.36. The van der Waals surface area contributed by atoms with Gasteiger partial charge in [0.1, 0.15) is 0 Å². The third-order valence-corrected chi connectivity index (χ3v) is 3.36. The molecule has 1 aliphatic carbocycles. The van der Waals surface area contributed by atoms with Crippen LogP contribution >= 0.6 is 0 Å². The van der Waals surface area contributed by atoms with Gasteiger partial charge in [0.15, 0.2) is 0 Å². The monoisotopic (exact) mass is 258 g/mol. The van der Waals surface area contributed by atoms with Crippen molar-refractivity contribution >= 4 is 5.69 Å². The van der Waals surface area contributed by atoms with Crippen LogP contribution in [0.15, 0.2) is 24.3 Å². The van der Waals surface area contributed by atoms with Crippen molar-refractivity contribution in [1.82, 2.24) is 0 Å². The van der Waals surface area contributed by atoms with Crippen LogP contribution in [0.2, 0.25) is 0 Å². The minimum absolute atomic E-state index is 0.0216. The molecule has 0 aliphatic heterocycles. The zero-order valence-corrected chi connectivity index (χ0v) is 10.0. The van der Waals surface area contributed by atoms with E-state index in [1.807, 2.05) is 0 Å². The van der Waals surface area contributed by atoms with Crippen molar-refractivity contribution in [3.8, 4) is 0 Å². The third kappa shape index (κ3) is 3.16. The molecule has 0 unspecified atom stereocenters. The molecule has 100 valence electrons. The van der Waals surface area contributed by atoms with Gasteiger partial charge in [-0.15, -0.1) is 0 Å². The van der Waals surface area contributed by atoms with Crippen molar-refractivity contribution in [2.24, 2.45) is 5.73 Å². The summed E-state index contributed by atoms with van der Waals surface area (Å²) >= 11 is 0. The Hall–Kier alpha value is -1.23. The Morgan fingerprint density at radius 3 is 2.56 bits per heavy atom. The maximum Gasteiger partial charge on any atom is 0.416 e. The Morgan fingerprint density at radius 2 is 1.89 bits per heavy atom. The molecule has 3 N–H and O–H groups in total. The fraction of sp³-hybridized carbons (Fsp3) is 0.538. The number of alkyl halides is 3. The Morgan fingerprint density at radius 1 is 1.17 bits per heavy atom. The maximum absolute atomic E-state index is 12.6. The van der Waals surface area contributed by atoms with Gasteiger partial charge in [-0.3, -0.25) is 0 Å². The van der Waals surface area contributed by atoms with Crippen LogP contribution < -0.4 is 11.1 Å². The summed E-state index contributed by atoms with van der Waals surface area (Å²) in [6.07, 6.45) is -0.285. The molecule has 1 aliphatic rings. The second kappa shape index (κ2) is 5.18. The lowest BCUT2D eigenvalue weighted by Crippen LogP contribution is -2.42. The molecule has 0 spiro atoms. The SMILES string of the molecule is N[C@H]1CCCC[C@H]1Nc1cccc(C(F)(F)F)c1. The highest BCUT2D eigenvalue weighted by Crippen LogP contribution is 2.31. The molecule has 1 fully saturated rings. The molecule has 2 rings (SSSR count). The lowest BCUT2D eigenvalue weighted by molar-refractivity contribution is -0.137.